The molecule has 4 heteroatoms. The molecule has 1 aromatic rings. The Hall–Kier alpha value is -1.39. The lowest BCUT2D eigenvalue weighted by Gasteiger charge is -2.49. The predicted octanol–water partition coefficient (Wildman–Crippen LogP) is 2.85. The first-order chi connectivity index (χ1) is 12.7. The van der Waals surface area contributed by atoms with E-state index in [1.807, 2.05) is 37.3 Å². The number of hydrogen-bond donors (Lipinski definition) is 1. The van der Waals surface area contributed by atoms with Crippen LogP contribution in [0.5, 0.6) is 0 Å². The molecule has 0 aliphatic carbocycles. The summed E-state index contributed by atoms with van der Waals surface area (Å²) in [6, 6.07) is 9.14. The van der Waals surface area contributed by atoms with Crippen molar-refractivity contribution in [1.29, 1.82) is 0 Å². The first-order valence-corrected chi connectivity index (χ1v) is 8.89. The van der Waals surface area contributed by atoms with E-state index in [0.717, 1.165) is 18.4 Å². The molecule has 3 rings (SSSR count). The van der Waals surface area contributed by atoms with Gasteiger partial charge in [-0.3, -0.25) is 4.79 Å². The lowest BCUT2D eigenvalue weighted by molar-refractivity contribution is -0.968. The average Bonchev–Trinajstić information content (AvgIpc) is 2.80. The lowest BCUT2D eigenvalue weighted by Crippen LogP contribution is -2.62. The van der Waals surface area contributed by atoms with Crippen molar-refractivity contribution in [1.82, 2.24) is 0 Å². The fourth-order valence-corrected chi connectivity index (χ4v) is 4.61. The Labute approximate surface area is 149 Å². The van der Waals surface area contributed by atoms with Gasteiger partial charge in [-0.15, -0.1) is 0 Å². The van der Waals surface area contributed by atoms with Gasteiger partial charge in [-0.1, -0.05) is 30.3 Å². The van der Waals surface area contributed by atoms with Gasteiger partial charge in [0.15, 0.2) is 0 Å². The molecule has 0 saturated carbocycles. The van der Waals surface area contributed by atoms with Crippen LogP contribution in [0.1, 0.15) is 55.1 Å². The van der Waals surface area contributed by atoms with Gasteiger partial charge in [0.05, 0.1) is 31.8 Å². The number of aliphatic hydroxyl groups is 1. The monoisotopic (exact) mass is 335 g/mol. The van der Waals surface area contributed by atoms with Crippen molar-refractivity contribution in [2.45, 2.75) is 69.6 Å². The summed E-state index contributed by atoms with van der Waals surface area (Å²) in [5, 5.41) is 9.67. The Bertz CT molecular complexity index is 650. The smallest absolute Gasteiger partial charge is 0.316 e. The second kappa shape index (κ2) is 6.85. The van der Waals surface area contributed by atoms with Gasteiger partial charge in [-0.2, -0.15) is 0 Å². The summed E-state index contributed by atoms with van der Waals surface area (Å²) in [5.74, 6) is -1.07. The normalized spacial score (nSPS) is 37.0. The first-order valence-electron chi connectivity index (χ1n) is 10.4. The van der Waals surface area contributed by atoms with Crippen LogP contribution in [0.25, 0.3) is 0 Å². The molecule has 2 aliphatic heterocycles. The minimum Gasteiger partial charge on any atom is -0.461 e. The molecule has 24 heavy (non-hydrogen) atoms. The molecule has 1 N–H and O–H groups in total. The van der Waals surface area contributed by atoms with Crippen LogP contribution in [0.4, 0.5) is 0 Å². The van der Waals surface area contributed by atoms with Crippen LogP contribution in [-0.2, 0) is 9.53 Å². The summed E-state index contributed by atoms with van der Waals surface area (Å²) in [4.78, 5) is 12.7. The van der Waals surface area contributed by atoms with E-state index in [0.29, 0.717) is 17.3 Å². The number of benzene rings is 1. The van der Waals surface area contributed by atoms with Gasteiger partial charge < -0.3 is 14.3 Å². The fourth-order valence-electron chi connectivity index (χ4n) is 4.61. The first kappa shape index (κ1) is 13.9. The van der Waals surface area contributed by atoms with Crippen LogP contribution >= 0.6 is 0 Å². The molecule has 2 aliphatic rings. The van der Waals surface area contributed by atoms with Crippen LogP contribution < -0.4 is 0 Å². The Kier molecular flexibility index (Phi) is 3.95. The van der Waals surface area contributed by atoms with Gasteiger partial charge in [-0.25, -0.2) is 0 Å². The molecule has 132 valence electrons. The largest absolute Gasteiger partial charge is 0.461 e. The highest BCUT2D eigenvalue weighted by Crippen LogP contribution is 2.44. The number of carbonyl (C=O) groups excluding carboxylic acids is 1. The van der Waals surface area contributed by atoms with Gasteiger partial charge >= 0.3 is 5.97 Å². The molecule has 2 fully saturated rings. The number of aliphatic hydroxyl groups excluding tert-OH is 1. The zero-order valence-corrected chi connectivity index (χ0v) is 14.5. The quantitative estimate of drug-likeness (QED) is 0.665. The number of ether oxygens (including phenoxy) is 1. The second-order valence-corrected chi connectivity index (χ2v) is 7.46. The maximum absolute atomic E-state index is 12.7. The molecule has 4 unspecified atom stereocenters. The molecular formula is C20H30NO3+. The Morgan fingerprint density at radius 1 is 1.33 bits per heavy atom. The van der Waals surface area contributed by atoms with Gasteiger partial charge in [-0.05, 0) is 19.3 Å². The highest BCUT2D eigenvalue weighted by atomic mass is 16.5. The van der Waals surface area contributed by atoms with Crippen LogP contribution in [0.15, 0.2) is 30.3 Å². The minimum absolute atomic E-state index is 0.196. The number of rotatable bonds is 5. The van der Waals surface area contributed by atoms with Gasteiger partial charge in [0.1, 0.15) is 12.0 Å². The number of piperidine rings is 1. The number of hydrogen-bond acceptors (Lipinski definition) is 3. The molecule has 0 radical (unpaired) electrons. The van der Waals surface area contributed by atoms with Crippen molar-refractivity contribution >= 4 is 5.97 Å². The van der Waals surface area contributed by atoms with Gasteiger partial charge in [0.25, 0.3) is 0 Å². The summed E-state index contributed by atoms with van der Waals surface area (Å²) in [7, 11) is 2.05. The highest BCUT2D eigenvalue weighted by molar-refractivity contribution is 5.78. The molecule has 4 nitrogen and oxygen atoms in total. The Morgan fingerprint density at radius 3 is 2.50 bits per heavy atom. The summed E-state index contributed by atoms with van der Waals surface area (Å²) in [6.07, 6.45) is 3.11. The van der Waals surface area contributed by atoms with E-state index in [-0.39, 0.29) is 24.8 Å². The van der Waals surface area contributed by atoms with E-state index in [9.17, 15) is 9.90 Å². The van der Waals surface area contributed by atoms with E-state index in [1.165, 1.54) is 0 Å². The van der Waals surface area contributed by atoms with Gasteiger partial charge in [0.2, 0.25) is 0 Å². The van der Waals surface area contributed by atoms with Crippen LogP contribution in [-0.4, -0.2) is 53.4 Å². The predicted molar refractivity (Wildman–Crippen MR) is 93.5 cm³/mol. The second-order valence-electron chi connectivity index (χ2n) is 7.46. The number of esters is 1. The van der Waals surface area contributed by atoms with Crippen molar-refractivity contribution in [3.05, 3.63) is 35.9 Å². The van der Waals surface area contributed by atoms with Crippen molar-refractivity contribution in [3.63, 3.8) is 0 Å². The molecule has 0 aromatic heterocycles. The number of nitrogens with zero attached hydrogens (tertiary/aromatic N) is 1. The van der Waals surface area contributed by atoms with Crippen molar-refractivity contribution in [2.24, 2.45) is 0 Å². The molecule has 0 spiro atoms. The topological polar surface area (TPSA) is 46.5 Å². The van der Waals surface area contributed by atoms with Crippen LogP contribution in [0.3, 0.4) is 0 Å². The zero-order chi connectivity index (χ0) is 19.8. The van der Waals surface area contributed by atoms with Gasteiger partial charge in [0, 0.05) is 29.8 Å². The summed E-state index contributed by atoms with van der Waals surface area (Å²) >= 11 is 0. The molecule has 1 aromatic carbocycles. The number of fused-ring (bicyclic) bond motifs is 2. The van der Waals surface area contributed by atoms with E-state index >= 15 is 0 Å². The maximum atomic E-state index is 12.7. The van der Waals surface area contributed by atoms with Crippen LogP contribution in [0.2, 0.25) is 0 Å². The number of quaternary nitrogens is 1. The third-order valence-corrected chi connectivity index (χ3v) is 6.26. The Balaban J connectivity index is 1.69. The van der Waals surface area contributed by atoms with Crippen LogP contribution in [0, 0.1) is 0 Å². The standard InChI is InChI=1S/C20H30NO3/c1-14(2)21(3)16-9-10-17(21)12-18(11-16)24-20(23)19(13-22)15-7-5-4-6-8-15/h4-8,14,16-19,22H,9-13H2,1-3H3/q+1/i1D3. The molecular weight excluding hydrogens is 302 g/mol. The molecule has 0 amide bonds. The summed E-state index contributed by atoms with van der Waals surface area (Å²) in [6.45, 7) is -0.456. The highest BCUT2D eigenvalue weighted by Gasteiger charge is 2.53. The minimum atomic E-state index is -1.99. The molecule has 2 heterocycles. The van der Waals surface area contributed by atoms with Crippen molar-refractivity contribution in [2.75, 3.05) is 13.7 Å². The molecule has 2 saturated heterocycles. The Morgan fingerprint density at radius 2 is 1.96 bits per heavy atom. The average molecular weight is 335 g/mol. The fraction of sp³-hybridized carbons (Fsp3) is 0.650. The van der Waals surface area contributed by atoms with E-state index in [1.54, 1.807) is 0 Å². The van der Waals surface area contributed by atoms with E-state index < -0.39 is 24.8 Å². The summed E-state index contributed by atoms with van der Waals surface area (Å²) < 4.78 is 29.9. The van der Waals surface area contributed by atoms with E-state index in [2.05, 4.69) is 7.05 Å². The van der Waals surface area contributed by atoms with E-state index in [4.69, 9.17) is 8.85 Å². The molecule has 4 atom stereocenters. The third kappa shape index (κ3) is 2.98. The number of carbonyl (C=O) groups is 1. The lowest BCUT2D eigenvalue weighted by atomic mass is 9.94. The maximum Gasteiger partial charge on any atom is 0.316 e. The third-order valence-electron chi connectivity index (χ3n) is 6.26. The van der Waals surface area contributed by atoms with Crippen molar-refractivity contribution < 1.29 is 23.2 Å². The zero-order valence-electron chi connectivity index (χ0n) is 17.5. The SMILES string of the molecule is [2H]C([2H])([2H])C(C)[N+]1(C)C2CCC1CC(OC(=O)C(CO)c1ccccc1)C2. The van der Waals surface area contributed by atoms with Crippen molar-refractivity contribution in [3.8, 4) is 0 Å². The molecule has 2 bridgehead atoms. The summed E-state index contributed by atoms with van der Waals surface area (Å²) in [5.41, 5.74) is 0.750.